The third-order valence-corrected chi connectivity index (χ3v) is 5.29. The lowest BCUT2D eigenvalue weighted by atomic mass is 10.2. The van der Waals surface area contributed by atoms with Crippen LogP contribution in [-0.4, -0.2) is 30.0 Å². The first kappa shape index (κ1) is 18.5. The minimum absolute atomic E-state index is 0.274. The first-order valence-corrected chi connectivity index (χ1v) is 9.41. The van der Waals surface area contributed by atoms with Gasteiger partial charge in [0.25, 0.3) is 5.56 Å². The molecule has 0 radical (unpaired) electrons. The molecule has 0 aliphatic heterocycles. The fourth-order valence-corrected chi connectivity index (χ4v) is 3.45. The maximum atomic E-state index is 11.5. The topological polar surface area (TPSA) is 96.4 Å². The van der Waals surface area contributed by atoms with Crippen LogP contribution in [0.5, 0.6) is 0 Å². The van der Waals surface area contributed by atoms with Crippen LogP contribution >= 0.6 is 23.4 Å². The molecule has 7 nitrogen and oxygen atoms in total. The zero-order valence-electron chi connectivity index (χ0n) is 14.3. The van der Waals surface area contributed by atoms with Crippen molar-refractivity contribution in [3.05, 3.63) is 67.7 Å². The summed E-state index contributed by atoms with van der Waals surface area (Å²) in [5.74, 6) is 0.624. The van der Waals surface area contributed by atoms with Crippen LogP contribution in [0.4, 0.5) is 0 Å². The lowest BCUT2D eigenvalue weighted by Crippen LogP contribution is -2.23. The Morgan fingerprint density at radius 2 is 1.92 bits per heavy atom. The number of thioether (sulfide) groups is 1. The van der Waals surface area contributed by atoms with E-state index in [1.165, 1.54) is 6.07 Å². The number of nitrogens with one attached hydrogen (secondary N) is 2. The van der Waals surface area contributed by atoms with E-state index in [1.54, 1.807) is 23.9 Å². The van der Waals surface area contributed by atoms with E-state index in [0.717, 1.165) is 17.3 Å². The number of benzene rings is 1. The Hall–Kier alpha value is -2.32. The number of hydrogen-bond donors (Lipinski definition) is 2. The molecule has 3 aromatic rings. The third-order valence-electron chi connectivity index (χ3n) is 3.83. The van der Waals surface area contributed by atoms with Gasteiger partial charge in [-0.2, -0.15) is 0 Å². The Bertz CT molecular complexity index is 981. The quantitative estimate of drug-likeness (QED) is 0.630. The van der Waals surface area contributed by atoms with Crippen molar-refractivity contribution < 1.29 is 0 Å². The van der Waals surface area contributed by atoms with E-state index >= 15 is 0 Å². The van der Waals surface area contributed by atoms with Crippen molar-refractivity contribution in [2.24, 2.45) is 0 Å². The highest BCUT2D eigenvalue weighted by Crippen LogP contribution is 2.28. The highest BCUT2D eigenvalue weighted by atomic mass is 35.5. The minimum Gasteiger partial charge on any atom is -0.311 e. The van der Waals surface area contributed by atoms with Gasteiger partial charge in [-0.05, 0) is 30.7 Å². The first-order chi connectivity index (χ1) is 12.5. The molecule has 0 aliphatic rings. The number of halogens is 1. The smallest absolute Gasteiger partial charge is 0.311 e. The Labute approximate surface area is 158 Å². The minimum atomic E-state index is -0.542. The normalized spacial score (nSPS) is 12.3. The molecular weight excluding hydrogens is 374 g/mol. The number of H-pyrrole nitrogens is 2. The van der Waals surface area contributed by atoms with Crippen LogP contribution in [0.3, 0.4) is 0 Å². The van der Waals surface area contributed by atoms with E-state index in [2.05, 4.69) is 34.0 Å². The van der Waals surface area contributed by atoms with Crippen LogP contribution in [0.25, 0.3) is 5.69 Å². The van der Waals surface area contributed by atoms with Crippen LogP contribution in [0.2, 0.25) is 5.02 Å². The summed E-state index contributed by atoms with van der Waals surface area (Å²) in [6.07, 6.45) is 1.27. The van der Waals surface area contributed by atoms with Crippen LogP contribution < -0.4 is 11.2 Å². The van der Waals surface area contributed by atoms with Gasteiger partial charge in [-0.1, -0.05) is 37.2 Å². The monoisotopic (exact) mass is 391 g/mol. The molecule has 0 spiro atoms. The summed E-state index contributed by atoms with van der Waals surface area (Å²) in [5, 5.41) is 10.4. The summed E-state index contributed by atoms with van der Waals surface area (Å²) in [6.45, 7) is 4.24. The molecule has 0 unspecified atom stereocenters. The molecule has 0 aliphatic carbocycles. The van der Waals surface area contributed by atoms with Crippen molar-refractivity contribution in [2.75, 3.05) is 0 Å². The molecule has 26 heavy (non-hydrogen) atoms. The number of nitrogens with zero attached hydrogens (tertiary/aromatic N) is 3. The van der Waals surface area contributed by atoms with E-state index in [4.69, 9.17) is 11.6 Å². The lowest BCUT2D eigenvalue weighted by Gasteiger charge is -2.12. The molecule has 1 atom stereocenters. The molecule has 0 saturated carbocycles. The second kappa shape index (κ2) is 7.92. The molecule has 0 fully saturated rings. The van der Waals surface area contributed by atoms with E-state index in [9.17, 15) is 9.59 Å². The standard InChI is InChI=1S/C17H18ClN5O2S/c1-3-10(2)26-17-22-21-14(8-12-9-15(24)20-16(25)19-12)23(17)13-6-4-11(18)5-7-13/h4-7,9-10H,3,8H2,1-2H3,(H2,19,20,24,25)/t10-/m1/s1. The summed E-state index contributed by atoms with van der Waals surface area (Å²) in [5.41, 5.74) is 0.351. The van der Waals surface area contributed by atoms with Crippen LogP contribution in [0.15, 0.2) is 45.1 Å². The Morgan fingerprint density at radius 3 is 2.58 bits per heavy atom. The molecule has 0 saturated heterocycles. The van der Waals surface area contributed by atoms with Crippen molar-refractivity contribution in [1.82, 2.24) is 24.7 Å². The van der Waals surface area contributed by atoms with Crippen molar-refractivity contribution >= 4 is 23.4 Å². The molecule has 136 valence electrons. The zero-order valence-corrected chi connectivity index (χ0v) is 15.9. The third kappa shape index (κ3) is 4.25. The van der Waals surface area contributed by atoms with E-state index in [1.807, 2.05) is 16.7 Å². The van der Waals surface area contributed by atoms with Crippen molar-refractivity contribution in [3.8, 4) is 5.69 Å². The summed E-state index contributed by atoms with van der Waals surface area (Å²) in [7, 11) is 0. The van der Waals surface area contributed by atoms with Gasteiger partial charge < -0.3 is 4.98 Å². The molecule has 0 bridgehead atoms. The van der Waals surface area contributed by atoms with Crippen molar-refractivity contribution in [1.29, 1.82) is 0 Å². The predicted octanol–water partition coefficient (Wildman–Crippen LogP) is 2.78. The fraction of sp³-hybridized carbons (Fsp3) is 0.294. The number of hydrogen-bond acceptors (Lipinski definition) is 5. The van der Waals surface area contributed by atoms with E-state index < -0.39 is 11.2 Å². The van der Waals surface area contributed by atoms with Crippen LogP contribution in [0, 0.1) is 0 Å². The zero-order chi connectivity index (χ0) is 18.7. The van der Waals surface area contributed by atoms with Gasteiger partial charge in [0.2, 0.25) is 0 Å². The van der Waals surface area contributed by atoms with Gasteiger partial charge in [0.15, 0.2) is 5.16 Å². The maximum absolute atomic E-state index is 11.5. The maximum Gasteiger partial charge on any atom is 0.325 e. The predicted molar refractivity (Wildman–Crippen MR) is 102 cm³/mol. The molecule has 9 heteroatoms. The Kier molecular flexibility index (Phi) is 5.63. The van der Waals surface area contributed by atoms with Gasteiger partial charge in [0.1, 0.15) is 5.82 Å². The van der Waals surface area contributed by atoms with Gasteiger partial charge in [0.05, 0.1) is 0 Å². The number of aromatic nitrogens is 5. The molecule has 2 N–H and O–H groups in total. The molecular formula is C17H18ClN5O2S. The largest absolute Gasteiger partial charge is 0.325 e. The lowest BCUT2D eigenvalue weighted by molar-refractivity contribution is 0.820. The van der Waals surface area contributed by atoms with Crippen molar-refractivity contribution in [2.45, 2.75) is 37.1 Å². The highest BCUT2D eigenvalue weighted by Gasteiger charge is 2.17. The highest BCUT2D eigenvalue weighted by molar-refractivity contribution is 7.99. The number of rotatable bonds is 6. The van der Waals surface area contributed by atoms with Gasteiger partial charge in [-0.3, -0.25) is 14.3 Å². The van der Waals surface area contributed by atoms with Gasteiger partial charge >= 0.3 is 5.69 Å². The average Bonchev–Trinajstić information content (AvgIpc) is 2.96. The molecule has 2 heterocycles. The average molecular weight is 392 g/mol. The molecule has 0 amide bonds. The van der Waals surface area contributed by atoms with Crippen LogP contribution in [-0.2, 0) is 6.42 Å². The van der Waals surface area contributed by atoms with E-state index in [0.29, 0.717) is 21.8 Å². The van der Waals surface area contributed by atoms with Gasteiger partial charge in [-0.15, -0.1) is 10.2 Å². The molecule has 2 aromatic heterocycles. The van der Waals surface area contributed by atoms with Crippen molar-refractivity contribution in [3.63, 3.8) is 0 Å². The number of aromatic amines is 2. The summed E-state index contributed by atoms with van der Waals surface area (Å²) in [4.78, 5) is 27.8. The molecule has 3 rings (SSSR count). The fourth-order valence-electron chi connectivity index (χ4n) is 2.39. The Morgan fingerprint density at radius 1 is 1.19 bits per heavy atom. The Balaban J connectivity index is 2.05. The summed E-state index contributed by atoms with van der Waals surface area (Å²) >= 11 is 7.62. The summed E-state index contributed by atoms with van der Waals surface area (Å²) < 4.78 is 1.92. The van der Waals surface area contributed by atoms with Crippen LogP contribution in [0.1, 0.15) is 31.8 Å². The SMILES string of the molecule is CC[C@@H](C)Sc1nnc(Cc2cc(=O)[nH]c(=O)[nH]2)n1-c1ccc(Cl)cc1. The van der Waals surface area contributed by atoms with E-state index in [-0.39, 0.29) is 6.42 Å². The van der Waals surface area contributed by atoms with Gasteiger partial charge in [-0.25, -0.2) is 4.79 Å². The second-order valence-electron chi connectivity index (χ2n) is 5.84. The second-order valence-corrected chi connectivity index (χ2v) is 7.68. The first-order valence-electron chi connectivity index (χ1n) is 8.15. The summed E-state index contributed by atoms with van der Waals surface area (Å²) in [6, 6.07) is 8.72. The van der Waals surface area contributed by atoms with Gasteiger partial charge in [0, 0.05) is 34.1 Å². The molecule has 1 aromatic carbocycles.